The van der Waals surface area contributed by atoms with Gasteiger partial charge in [0.15, 0.2) is 0 Å². The van der Waals surface area contributed by atoms with E-state index < -0.39 is 0 Å². The minimum Gasteiger partial charge on any atom is -0.378 e. The van der Waals surface area contributed by atoms with Crippen molar-refractivity contribution >= 4 is 0 Å². The fourth-order valence-corrected chi connectivity index (χ4v) is 8.98. The molecular formula is C51H103NO2. The van der Waals surface area contributed by atoms with Crippen molar-refractivity contribution in [3.05, 3.63) is 0 Å². The zero-order valence-corrected chi connectivity index (χ0v) is 37.7. The molecule has 0 spiro atoms. The molecule has 0 heterocycles. The predicted molar refractivity (Wildman–Crippen MR) is 242 cm³/mol. The smallest absolute Gasteiger partial charge is 0.0640 e. The molecule has 1 aliphatic carbocycles. The highest BCUT2D eigenvalue weighted by molar-refractivity contribution is 4.82. The summed E-state index contributed by atoms with van der Waals surface area (Å²) in [5, 5.41) is 0. The Kier molecular flexibility index (Phi) is 42.3. The molecule has 54 heavy (non-hydrogen) atoms. The fourth-order valence-electron chi connectivity index (χ4n) is 8.98. The van der Waals surface area contributed by atoms with E-state index in [1.165, 1.54) is 270 Å². The van der Waals surface area contributed by atoms with E-state index in [1.54, 1.807) is 0 Å². The first kappa shape index (κ1) is 51.9. The van der Waals surface area contributed by atoms with Crippen LogP contribution >= 0.6 is 0 Å². The molecule has 324 valence electrons. The first-order valence-corrected chi connectivity index (χ1v) is 25.7. The second-order valence-electron chi connectivity index (χ2n) is 18.1. The maximum absolute atomic E-state index is 6.44. The van der Waals surface area contributed by atoms with E-state index in [0.717, 1.165) is 26.2 Å². The zero-order chi connectivity index (χ0) is 38.7. The highest BCUT2D eigenvalue weighted by atomic mass is 16.5. The Morgan fingerprint density at radius 1 is 0.333 bits per heavy atom. The normalized spacial score (nSPS) is 17.5. The van der Waals surface area contributed by atoms with Gasteiger partial charge in [0.05, 0.1) is 12.2 Å². The summed E-state index contributed by atoms with van der Waals surface area (Å²) in [6.07, 6.45) is 61.3. The molecule has 0 amide bonds. The van der Waals surface area contributed by atoms with Crippen LogP contribution in [-0.4, -0.2) is 32.0 Å². The second kappa shape index (κ2) is 44.0. The lowest BCUT2D eigenvalue weighted by atomic mass is 9.84. The molecule has 0 saturated heterocycles. The average Bonchev–Trinajstić information content (AvgIpc) is 3.19. The van der Waals surface area contributed by atoms with E-state index in [4.69, 9.17) is 15.2 Å². The van der Waals surface area contributed by atoms with Crippen molar-refractivity contribution < 1.29 is 9.47 Å². The van der Waals surface area contributed by atoms with Crippen molar-refractivity contribution in [3.8, 4) is 0 Å². The van der Waals surface area contributed by atoms with E-state index in [-0.39, 0.29) is 0 Å². The molecule has 3 atom stereocenters. The lowest BCUT2D eigenvalue weighted by molar-refractivity contribution is -0.0708. The number of ether oxygens (including phenoxy) is 2. The summed E-state index contributed by atoms with van der Waals surface area (Å²) in [4.78, 5) is 0. The molecule has 3 nitrogen and oxygen atoms in total. The molecule has 0 aromatic heterocycles. The summed E-state index contributed by atoms with van der Waals surface area (Å²) in [6, 6.07) is 0. The number of hydrogen-bond donors (Lipinski definition) is 1. The van der Waals surface area contributed by atoms with Gasteiger partial charge in [-0.05, 0) is 38.1 Å². The van der Waals surface area contributed by atoms with Crippen LogP contribution in [0.4, 0.5) is 0 Å². The first-order valence-electron chi connectivity index (χ1n) is 25.7. The van der Waals surface area contributed by atoms with Crippen LogP contribution < -0.4 is 5.73 Å². The van der Waals surface area contributed by atoms with Gasteiger partial charge in [-0.3, -0.25) is 0 Å². The van der Waals surface area contributed by atoms with E-state index in [1.807, 2.05) is 0 Å². The van der Waals surface area contributed by atoms with Crippen LogP contribution in [0.25, 0.3) is 0 Å². The predicted octanol–water partition coefficient (Wildman–Crippen LogP) is 17.2. The van der Waals surface area contributed by atoms with E-state index in [0.29, 0.717) is 18.1 Å². The van der Waals surface area contributed by atoms with Crippen LogP contribution in [0.15, 0.2) is 0 Å². The average molecular weight is 762 g/mol. The highest BCUT2D eigenvalue weighted by Crippen LogP contribution is 2.29. The molecule has 3 unspecified atom stereocenters. The summed E-state index contributed by atoms with van der Waals surface area (Å²) in [6.45, 7) is 7.22. The van der Waals surface area contributed by atoms with Gasteiger partial charge < -0.3 is 15.2 Å². The van der Waals surface area contributed by atoms with Crippen LogP contribution in [0.1, 0.15) is 290 Å². The number of unbranched alkanes of at least 4 members (excludes halogenated alkanes) is 38. The quantitative estimate of drug-likeness (QED) is 0.0629. The molecule has 1 fully saturated rings. The highest BCUT2D eigenvalue weighted by Gasteiger charge is 2.30. The van der Waals surface area contributed by atoms with Crippen molar-refractivity contribution in [2.24, 2.45) is 11.7 Å². The van der Waals surface area contributed by atoms with Gasteiger partial charge in [0.2, 0.25) is 0 Å². The lowest BCUT2D eigenvalue weighted by Gasteiger charge is -2.35. The van der Waals surface area contributed by atoms with Crippen molar-refractivity contribution in [2.75, 3.05) is 19.8 Å². The van der Waals surface area contributed by atoms with Crippen LogP contribution in [0.2, 0.25) is 0 Å². The summed E-state index contributed by atoms with van der Waals surface area (Å²) in [7, 11) is 0. The maximum Gasteiger partial charge on any atom is 0.0640 e. The van der Waals surface area contributed by atoms with Gasteiger partial charge in [-0.2, -0.15) is 0 Å². The van der Waals surface area contributed by atoms with Gasteiger partial charge in [-0.25, -0.2) is 0 Å². The summed E-state index contributed by atoms with van der Waals surface area (Å²) in [5.41, 5.74) is 6.16. The molecule has 0 aromatic carbocycles. The largest absolute Gasteiger partial charge is 0.378 e. The number of hydrogen-bond acceptors (Lipinski definition) is 3. The van der Waals surface area contributed by atoms with Crippen molar-refractivity contribution in [3.63, 3.8) is 0 Å². The minimum atomic E-state index is 0.309. The monoisotopic (exact) mass is 762 g/mol. The van der Waals surface area contributed by atoms with Crippen molar-refractivity contribution in [1.29, 1.82) is 0 Å². The Morgan fingerprint density at radius 3 is 0.870 bits per heavy atom. The molecule has 1 rings (SSSR count). The van der Waals surface area contributed by atoms with Gasteiger partial charge >= 0.3 is 0 Å². The topological polar surface area (TPSA) is 44.5 Å². The maximum atomic E-state index is 6.44. The van der Waals surface area contributed by atoms with Gasteiger partial charge in [-0.15, -0.1) is 0 Å². The Morgan fingerprint density at radius 2 is 0.593 bits per heavy atom. The van der Waals surface area contributed by atoms with Gasteiger partial charge in [-0.1, -0.05) is 258 Å². The molecule has 1 saturated carbocycles. The third-order valence-corrected chi connectivity index (χ3v) is 12.9. The molecular weight excluding hydrogens is 659 g/mol. The van der Waals surface area contributed by atoms with Crippen LogP contribution in [-0.2, 0) is 9.47 Å². The van der Waals surface area contributed by atoms with Gasteiger partial charge in [0, 0.05) is 19.6 Å². The van der Waals surface area contributed by atoms with E-state index >= 15 is 0 Å². The third-order valence-electron chi connectivity index (χ3n) is 12.9. The first-order chi connectivity index (χ1) is 26.8. The third kappa shape index (κ3) is 36.2. The van der Waals surface area contributed by atoms with Gasteiger partial charge in [0.1, 0.15) is 0 Å². The van der Waals surface area contributed by atoms with Gasteiger partial charge in [0.25, 0.3) is 0 Å². The van der Waals surface area contributed by atoms with Crippen molar-refractivity contribution in [2.45, 2.75) is 302 Å². The fraction of sp³-hybridized carbons (Fsp3) is 1.00. The molecule has 0 aliphatic heterocycles. The summed E-state index contributed by atoms with van der Waals surface area (Å²) >= 11 is 0. The molecule has 0 bridgehead atoms. The Hall–Kier alpha value is -0.120. The zero-order valence-electron chi connectivity index (χ0n) is 37.7. The SMILES string of the molecule is CCCCCCCCCCCCCCCCCCCCCCOC1CCC(CN)C(OCCCCCCCCCCCCCCCCCCCCCC)C1. The lowest BCUT2D eigenvalue weighted by Crippen LogP contribution is -2.39. The van der Waals surface area contributed by atoms with Crippen LogP contribution in [0.3, 0.4) is 0 Å². The summed E-state index contributed by atoms with van der Waals surface area (Å²) < 4.78 is 12.8. The second-order valence-corrected chi connectivity index (χ2v) is 18.1. The minimum absolute atomic E-state index is 0.309. The Labute approximate surface area is 342 Å². The molecule has 0 radical (unpaired) electrons. The van der Waals surface area contributed by atoms with E-state index in [2.05, 4.69) is 13.8 Å². The van der Waals surface area contributed by atoms with E-state index in [9.17, 15) is 0 Å². The molecule has 2 N–H and O–H groups in total. The summed E-state index contributed by atoms with van der Waals surface area (Å²) in [5.74, 6) is 0.523. The van der Waals surface area contributed by atoms with Crippen LogP contribution in [0, 0.1) is 5.92 Å². The number of rotatable bonds is 45. The molecule has 1 aliphatic rings. The standard InChI is InChI=1S/C51H103NO2/c1-3-5-7-9-11-13-15-17-19-21-23-25-27-29-31-33-35-37-39-41-45-53-50-44-43-49(48-52)51(47-50)54-46-42-40-38-36-34-32-30-28-26-24-22-20-18-16-14-12-10-8-6-4-2/h49-51H,3-48,52H2,1-2H3. The Bertz CT molecular complexity index is 684. The molecule has 0 aromatic rings. The number of nitrogens with two attached hydrogens (primary N) is 1. The van der Waals surface area contributed by atoms with Crippen LogP contribution in [0.5, 0.6) is 0 Å². The Balaban J connectivity index is 1.83. The van der Waals surface area contributed by atoms with Crippen molar-refractivity contribution in [1.82, 2.24) is 0 Å². The molecule has 3 heteroatoms.